The predicted molar refractivity (Wildman–Crippen MR) is 81.1 cm³/mol. The summed E-state index contributed by atoms with van der Waals surface area (Å²) in [6.07, 6.45) is 3.00. The third-order valence-electron chi connectivity index (χ3n) is 4.40. The quantitative estimate of drug-likeness (QED) is 0.839. The lowest BCUT2D eigenvalue weighted by molar-refractivity contribution is 0.0600. The van der Waals surface area contributed by atoms with Gasteiger partial charge in [0.2, 0.25) is 10.0 Å². The number of hydrogen-bond donors (Lipinski definition) is 1. The highest BCUT2D eigenvalue weighted by Crippen LogP contribution is 2.25. The zero-order valence-corrected chi connectivity index (χ0v) is 13.3. The van der Waals surface area contributed by atoms with Crippen LogP contribution in [0.1, 0.15) is 29.6 Å². The highest BCUT2D eigenvalue weighted by atomic mass is 32.2. The first-order valence-corrected chi connectivity index (χ1v) is 8.89. The van der Waals surface area contributed by atoms with Gasteiger partial charge in [-0.15, -0.1) is 0 Å². The fourth-order valence-electron chi connectivity index (χ4n) is 3.16. The van der Waals surface area contributed by atoms with Gasteiger partial charge in [0.25, 0.3) is 0 Å². The maximum Gasteiger partial charge on any atom is 0.337 e. The third-order valence-corrected chi connectivity index (χ3v) is 6.28. The van der Waals surface area contributed by atoms with E-state index in [4.69, 9.17) is 0 Å². The Morgan fingerprint density at radius 2 is 1.86 bits per heavy atom. The van der Waals surface area contributed by atoms with Gasteiger partial charge in [-0.25, -0.2) is 13.2 Å². The molecule has 2 bridgehead atoms. The van der Waals surface area contributed by atoms with Crippen LogP contribution in [0.2, 0.25) is 0 Å². The molecule has 22 heavy (non-hydrogen) atoms. The van der Waals surface area contributed by atoms with Crippen molar-refractivity contribution >= 4 is 16.0 Å². The molecule has 2 aliphatic rings. The van der Waals surface area contributed by atoms with E-state index in [0.29, 0.717) is 24.7 Å². The first-order valence-electron chi connectivity index (χ1n) is 7.45. The van der Waals surface area contributed by atoms with Gasteiger partial charge in [0.15, 0.2) is 0 Å². The van der Waals surface area contributed by atoms with E-state index < -0.39 is 16.0 Å². The van der Waals surface area contributed by atoms with Crippen molar-refractivity contribution in [1.82, 2.24) is 9.62 Å². The minimum absolute atomic E-state index is 0.220. The largest absolute Gasteiger partial charge is 0.465 e. The van der Waals surface area contributed by atoms with Crippen LogP contribution in [0.5, 0.6) is 0 Å². The second-order valence-electron chi connectivity index (χ2n) is 5.81. The Morgan fingerprint density at radius 3 is 2.55 bits per heavy atom. The summed E-state index contributed by atoms with van der Waals surface area (Å²) in [5, 5.41) is 3.47. The summed E-state index contributed by atoms with van der Waals surface area (Å²) >= 11 is 0. The van der Waals surface area contributed by atoms with Crippen molar-refractivity contribution in [3.05, 3.63) is 29.8 Å². The second-order valence-corrected chi connectivity index (χ2v) is 7.74. The molecule has 0 amide bonds. The van der Waals surface area contributed by atoms with Crippen LogP contribution in [0.25, 0.3) is 0 Å². The third kappa shape index (κ3) is 2.88. The van der Waals surface area contributed by atoms with E-state index in [2.05, 4.69) is 10.1 Å². The topological polar surface area (TPSA) is 75.7 Å². The predicted octanol–water partition coefficient (Wildman–Crippen LogP) is 0.988. The second kappa shape index (κ2) is 5.98. The van der Waals surface area contributed by atoms with Crippen molar-refractivity contribution in [3.63, 3.8) is 0 Å². The van der Waals surface area contributed by atoms with Gasteiger partial charge in [0, 0.05) is 25.2 Å². The van der Waals surface area contributed by atoms with Crippen LogP contribution in [-0.2, 0) is 14.8 Å². The standard InChI is InChI=1S/C15H20N2O4S/c1-21-15(18)11-2-6-14(7-3-11)22(19,20)17-9-8-12-4-5-13(10-17)16-12/h2-3,6-7,12-13,16H,4-5,8-10H2,1H3. The Morgan fingerprint density at radius 1 is 1.18 bits per heavy atom. The monoisotopic (exact) mass is 324 g/mol. The number of fused-ring (bicyclic) bond motifs is 2. The molecule has 2 atom stereocenters. The van der Waals surface area contributed by atoms with Crippen molar-refractivity contribution in [2.24, 2.45) is 0 Å². The summed E-state index contributed by atoms with van der Waals surface area (Å²) in [7, 11) is -2.22. The molecule has 120 valence electrons. The number of nitrogens with one attached hydrogen (secondary N) is 1. The minimum atomic E-state index is -3.52. The van der Waals surface area contributed by atoms with Gasteiger partial charge < -0.3 is 10.1 Å². The van der Waals surface area contributed by atoms with Crippen molar-refractivity contribution in [2.75, 3.05) is 20.2 Å². The number of nitrogens with zero attached hydrogens (tertiary/aromatic N) is 1. The smallest absolute Gasteiger partial charge is 0.337 e. The van der Waals surface area contributed by atoms with Crippen LogP contribution in [0.3, 0.4) is 0 Å². The minimum Gasteiger partial charge on any atom is -0.465 e. The van der Waals surface area contributed by atoms with Gasteiger partial charge >= 0.3 is 5.97 Å². The highest BCUT2D eigenvalue weighted by molar-refractivity contribution is 7.89. The van der Waals surface area contributed by atoms with Crippen LogP contribution in [0, 0.1) is 0 Å². The maximum atomic E-state index is 12.7. The van der Waals surface area contributed by atoms with E-state index in [1.807, 2.05) is 0 Å². The number of methoxy groups -OCH3 is 1. The molecule has 2 unspecified atom stereocenters. The fourth-order valence-corrected chi connectivity index (χ4v) is 4.66. The molecule has 0 spiro atoms. The molecule has 6 nitrogen and oxygen atoms in total. The number of ether oxygens (including phenoxy) is 1. The van der Waals surface area contributed by atoms with Crippen LogP contribution in [0.15, 0.2) is 29.2 Å². The SMILES string of the molecule is COC(=O)c1ccc(S(=O)(=O)N2CCC3CCC(C2)N3)cc1. The van der Waals surface area contributed by atoms with E-state index >= 15 is 0 Å². The molecule has 2 fully saturated rings. The molecule has 2 saturated heterocycles. The van der Waals surface area contributed by atoms with Gasteiger partial charge in [0.05, 0.1) is 17.6 Å². The first kappa shape index (κ1) is 15.5. The molecule has 0 aliphatic carbocycles. The van der Waals surface area contributed by atoms with Gasteiger partial charge in [-0.2, -0.15) is 4.31 Å². The molecule has 2 aliphatic heterocycles. The number of esters is 1. The maximum absolute atomic E-state index is 12.7. The molecule has 7 heteroatoms. The molecule has 0 aromatic heterocycles. The van der Waals surface area contributed by atoms with Gasteiger partial charge in [-0.3, -0.25) is 0 Å². The fraction of sp³-hybridized carbons (Fsp3) is 0.533. The molecule has 3 rings (SSSR count). The van der Waals surface area contributed by atoms with Gasteiger partial charge in [0.1, 0.15) is 0 Å². The number of rotatable bonds is 3. The summed E-state index contributed by atoms with van der Waals surface area (Å²) in [6, 6.07) is 6.60. The summed E-state index contributed by atoms with van der Waals surface area (Å²) in [4.78, 5) is 11.6. The number of hydrogen-bond acceptors (Lipinski definition) is 5. The molecule has 0 radical (unpaired) electrons. The number of benzene rings is 1. The Kier molecular flexibility index (Phi) is 4.20. The highest BCUT2D eigenvalue weighted by Gasteiger charge is 2.34. The molecular weight excluding hydrogens is 304 g/mol. The van der Waals surface area contributed by atoms with E-state index in [1.165, 1.54) is 31.4 Å². The lowest BCUT2D eigenvalue weighted by atomic mass is 10.1. The van der Waals surface area contributed by atoms with Crippen molar-refractivity contribution < 1.29 is 17.9 Å². The van der Waals surface area contributed by atoms with E-state index in [1.54, 1.807) is 4.31 Å². The molecule has 1 N–H and O–H groups in total. The molecular formula is C15H20N2O4S. The summed E-state index contributed by atoms with van der Waals surface area (Å²) in [6.45, 7) is 1.05. The number of carbonyl (C=O) groups excluding carboxylic acids is 1. The lowest BCUT2D eigenvalue weighted by Crippen LogP contribution is -2.39. The average molecular weight is 324 g/mol. The number of carbonyl (C=O) groups is 1. The molecule has 1 aromatic rings. The van der Waals surface area contributed by atoms with E-state index in [0.717, 1.165) is 19.3 Å². The van der Waals surface area contributed by atoms with Crippen LogP contribution in [0.4, 0.5) is 0 Å². The summed E-state index contributed by atoms with van der Waals surface area (Å²) in [5.41, 5.74) is 0.345. The van der Waals surface area contributed by atoms with Crippen LogP contribution < -0.4 is 5.32 Å². The van der Waals surface area contributed by atoms with Gasteiger partial charge in [-0.1, -0.05) is 0 Å². The van der Waals surface area contributed by atoms with E-state index in [9.17, 15) is 13.2 Å². The first-order chi connectivity index (χ1) is 10.5. The Bertz CT molecular complexity index is 657. The van der Waals surface area contributed by atoms with E-state index in [-0.39, 0.29) is 10.9 Å². The molecule has 0 saturated carbocycles. The Labute approximate surface area is 130 Å². The summed E-state index contributed by atoms with van der Waals surface area (Å²) in [5.74, 6) is -0.472. The van der Waals surface area contributed by atoms with Crippen molar-refractivity contribution in [1.29, 1.82) is 0 Å². The van der Waals surface area contributed by atoms with Crippen molar-refractivity contribution in [3.8, 4) is 0 Å². The van der Waals surface area contributed by atoms with Gasteiger partial charge in [-0.05, 0) is 43.5 Å². The summed E-state index contributed by atoms with van der Waals surface area (Å²) < 4.78 is 31.7. The van der Waals surface area contributed by atoms with Crippen LogP contribution >= 0.6 is 0 Å². The van der Waals surface area contributed by atoms with Crippen LogP contribution in [-0.4, -0.2) is 51.0 Å². The lowest BCUT2D eigenvalue weighted by Gasteiger charge is -2.23. The normalized spacial score (nSPS) is 25.7. The Hall–Kier alpha value is -1.44. The van der Waals surface area contributed by atoms with Crippen molar-refractivity contribution in [2.45, 2.75) is 36.2 Å². The zero-order valence-electron chi connectivity index (χ0n) is 12.5. The zero-order chi connectivity index (χ0) is 15.7. The Balaban J connectivity index is 1.81. The number of sulfonamides is 1. The molecule has 2 heterocycles. The average Bonchev–Trinajstić information content (AvgIpc) is 2.85. The molecule has 1 aromatic carbocycles.